The highest BCUT2D eigenvalue weighted by Crippen LogP contribution is 2.35. The molecule has 0 unspecified atom stereocenters. The summed E-state index contributed by atoms with van der Waals surface area (Å²) in [5.74, 6) is 1.71. The van der Waals surface area contributed by atoms with Crippen molar-refractivity contribution in [1.29, 1.82) is 0 Å². The number of anilines is 1. The smallest absolute Gasteiger partial charge is 0.236 e. The average Bonchev–Trinajstić information content (AvgIpc) is 3.17. The molecular formula is C27H28N4O2S2. The Labute approximate surface area is 210 Å². The summed E-state index contributed by atoms with van der Waals surface area (Å²) in [6.07, 6.45) is 2.32. The number of sulfonamides is 1. The zero-order chi connectivity index (χ0) is 24.4. The number of aromatic nitrogens is 2. The van der Waals surface area contributed by atoms with Gasteiger partial charge in [0.15, 0.2) is 0 Å². The van der Waals surface area contributed by atoms with Crippen LogP contribution in [0.2, 0.25) is 0 Å². The minimum absolute atomic E-state index is 0.420. The fourth-order valence-electron chi connectivity index (χ4n) is 4.33. The molecule has 5 rings (SSSR count). The van der Waals surface area contributed by atoms with Crippen LogP contribution in [0.4, 0.5) is 5.82 Å². The van der Waals surface area contributed by atoms with Gasteiger partial charge in [0.1, 0.15) is 16.5 Å². The van der Waals surface area contributed by atoms with Gasteiger partial charge in [-0.25, -0.2) is 18.4 Å². The van der Waals surface area contributed by atoms with E-state index in [0.717, 1.165) is 27.4 Å². The van der Waals surface area contributed by atoms with Crippen LogP contribution in [-0.2, 0) is 16.4 Å². The zero-order valence-corrected chi connectivity index (χ0v) is 21.5. The number of hydrogen-bond donors (Lipinski definition) is 0. The first-order valence-corrected chi connectivity index (χ1v) is 14.0. The first kappa shape index (κ1) is 23.7. The molecule has 6 nitrogen and oxygen atoms in total. The van der Waals surface area contributed by atoms with E-state index in [2.05, 4.69) is 30.9 Å². The van der Waals surface area contributed by atoms with E-state index in [-0.39, 0.29) is 0 Å². The van der Waals surface area contributed by atoms with Gasteiger partial charge in [-0.3, -0.25) is 0 Å². The monoisotopic (exact) mass is 504 g/mol. The zero-order valence-electron chi connectivity index (χ0n) is 19.9. The van der Waals surface area contributed by atoms with Gasteiger partial charge in [0.05, 0.1) is 5.39 Å². The Balaban J connectivity index is 1.38. The molecule has 0 spiro atoms. The highest BCUT2D eigenvalue weighted by molar-refractivity contribution is 7.92. The van der Waals surface area contributed by atoms with Crippen molar-refractivity contribution in [2.24, 2.45) is 0 Å². The van der Waals surface area contributed by atoms with E-state index in [1.165, 1.54) is 21.4 Å². The number of thiophene rings is 1. The molecular weight excluding hydrogens is 476 g/mol. The number of hydrogen-bond acceptors (Lipinski definition) is 6. The molecule has 0 radical (unpaired) electrons. The fraction of sp³-hybridized carbons (Fsp3) is 0.259. The molecule has 0 atom stereocenters. The second-order valence-corrected chi connectivity index (χ2v) is 11.8. The lowest BCUT2D eigenvalue weighted by molar-refractivity contribution is 0.389. The Hall–Kier alpha value is -3.07. The van der Waals surface area contributed by atoms with Crippen LogP contribution in [-0.4, -0.2) is 48.9 Å². The van der Waals surface area contributed by atoms with Gasteiger partial charge < -0.3 is 4.90 Å². The predicted molar refractivity (Wildman–Crippen MR) is 144 cm³/mol. The van der Waals surface area contributed by atoms with Crippen LogP contribution >= 0.6 is 11.3 Å². The third kappa shape index (κ3) is 5.15. The third-order valence-electron chi connectivity index (χ3n) is 6.39. The van der Waals surface area contributed by atoms with Crippen molar-refractivity contribution < 1.29 is 8.42 Å². The van der Waals surface area contributed by atoms with Gasteiger partial charge in [-0.2, -0.15) is 4.31 Å². The van der Waals surface area contributed by atoms with Crippen molar-refractivity contribution in [1.82, 2.24) is 14.3 Å². The average molecular weight is 505 g/mol. The summed E-state index contributed by atoms with van der Waals surface area (Å²) in [7, 11) is -3.49. The minimum atomic E-state index is -3.49. The summed E-state index contributed by atoms with van der Waals surface area (Å²) < 4.78 is 27.4. The van der Waals surface area contributed by atoms with Crippen molar-refractivity contribution in [3.05, 3.63) is 93.5 Å². The molecule has 8 heteroatoms. The standard InChI is InChI=1S/C27H28N4O2S2/c1-20-21(2)34-27-25(20)26(28-24(29-27)19-23-11-7-4-8-12-23)30-14-16-31(17-15-30)35(32,33)18-13-22-9-5-3-6-10-22/h3-13,18H,14-17,19H2,1-2H3/b18-13+. The molecule has 1 fully saturated rings. The molecule has 2 aromatic carbocycles. The molecule has 1 aliphatic heterocycles. The second-order valence-electron chi connectivity index (χ2n) is 8.73. The third-order valence-corrected chi connectivity index (χ3v) is 9.06. The highest BCUT2D eigenvalue weighted by Gasteiger charge is 2.28. The van der Waals surface area contributed by atoms with Crippen LogP contribution in [0, 0.1) is 13.8 Å². The lowest BCUT2D eigenvalue weighted by Crippen LogP contribution is -2.48. The molecule has 0 amide bonds. The largest absolute Gasteiger partial charge is 0.353 e. The van der Waals surface area contributed by atoms with Gasteiger partial charge in [0.25, 0.3) is 0 Å². The van der Waals surface area contributed by atoms with Gasteiger partial charge in [-0.1, -0.05) is 60.7 Å². The summed E-state index contributed by atoms with van der Waals surface area (Å²) in [5.41, 5.74) is 3.24. The van der Waals surface area contributed by atoms with E-state index in [9.17, 15) is 8.42 Å². The molecule has 0 aliphatic carbocycles. The van der Waals surface area contributed by atoms with E-state index in [1.807, 2.05) is 48.5 Å². The van der Waals surface area contributed by atoms with E-state index < -0.39 is 10.0 Å². The number of nitrogens with zero attached hydrogens (tertiary/aromatic N) is 4. The molecule has 4 aromatic rings. The van der Waals surface area contributed by atoms with Crippen LogP contribution < -0.4 is 4.90 Å². The molecule has 1 saturated heterocycles. The van der Waals surface area contributed by atoms with Crippen LogP contribution in [0.15, 0.2) is 66.1 Å². The van der Waals surface area contributed by atoms with E-state index >= 15 is 0 Å². The Kier molecular flexibility index (Phi) is 6.69. The van der Waals surface area contributed by atoms with Crippen molar-refractivity contribution >= 4 is 43.5 Å². The SMILES string of the molecule is Cc1sc2nc(Cc3ccccc3)nc(N3CCN(S(=O)(=O)/C=C/c4ccccc4)CC3)c2c1C. The summed E-state index contributed by atoms with van der Waals surface area (Å²) in [6, 6.07) is 19.7. The van der Waals surface area contributed by atoms with Crippen molar-refractivity contribution in [3.63, 3.8) is 0 Å². The van der Waals surface area contributed by atoms with Crippen LogP contribution in [0.5, 0.6) is 0 Å². The summed E-state index contributed by atoms with van der Waals surface area (Å²) in [4.78, 5) is 14.3. The molecule has 2 aromatic heterocycles. The van der Waals surface area contributed by atoms with E-state index in [0.29, 0.717) is 32.6 Å². The molecule has 0 saturated carbocycles. The quantitative estimate of drug-likeness (QED) is 0.369. The number of aryl methyl sites for hydroxylation is 2. The van der Waals surface area contributed by atoms with Crippen molar-refractivity contribution in [3.8, 4) is 0 Å². The maximum absolute atomic E-state index is 12.9. The lowest BCUT2D eigenvalue weighted by Gasteiger charge is -2.34. The van der Waals surface area contributed by atoms with Crippen molar-refractivity contribution in [2.45, 2.75) is 20.3 Å². The summed E-state index contributed by atoms with van der Waals surface area (Å²) >= 11 is 1.70. The van der Waals surface area contributed by atoms with Crippen LogP contribution in [0.3, 0.4) is 0 Å². The summed E-state index contributed by atoms with van der Waals surface area (Å²) in [5, 5.41) is 2.40. The Morgan fingerprint density at radius 2 is 1.57 bits per heavy atom. The minimum Gasteiger partial charge on any atom is -0.353 e. The first-order valence-electron chi connectivity index (χ1n) is 11.7. The van der Waals surface area contributed by atoms with E-state index in [4.69, 9.17) is 9.97 Å². The number of benzene rings is 2. The molecule has 0 N–H and O–H groups in total. The fourth-order valence-corrected chi connectivity index (χ4v) is 6.54. The van der Waals surface area contributed by atoms with Gasteiger partial charge in [-0.05, 0) is 36.6 Å². The Morgan fingerprint density at radius 3 is 2.26 bits per heavy atom. The Bertz CT molecular complexity index is 1460. The van der Waals surface area contributed by atoms with Gasteiger partial charge in [0.2, 0.25) is 10.0 Å². The van der Waals surface area contributed by atoms with Crippen LogP contribution in [0.1, 0.15) is 27.4 Å². The molecule has 3 heterocycles. The molecule has 0 bridgehead atoms. The maximum atomic E-state index is 12.9. The second kappa shape index (κ2) is 9.89. The first-order chi connectivity index (χ1) is 16.9. The normalized spacial score (nSPS) is 15.3. The van der Waals surface area contributed by atoms with Crippen molar-refractivity contribution in [2.75, 3.05) is 31.1 Å². The summed E-state index contributed by atoms with van der Waals surface area (Å²) in [6.45, 7) is 6.25. The highest BCUT2D eigenvalue weighted by atomic mass is 32.2. The molecule has 35 heavy (non-hydrogen) atoms. The van der Waals surface area contributed by atoms with Gasteiger partial charge >= 0.3 is 0 Å². The topological polar surface area (TPSA) is 66.4 Å². The van der Waals surface area contributed by atoms with Gasteiger partial charge in [-0.15, -0.1) is 11.3 Å². The van der Waals surface area contributed by atoms with Crippen LogP contribution in [0.25, 0.3) is 16.3 Å². The Morgan fingerprint density at radius 1 is 0.914 bits per heavy atom. The molecule has 1 aliphatic rings. The predicted octanol–water partition coefficient (Wildman–Crippen LogP) is 5.02. The molecule has 180 valence electrons. The number of rotatable bonds is 6. The maximum Gasteiger partial charge on any atom is 0.236 e. The number of piperazine rings is 1. The lowest BCUT2D eigenvalue weighted by atomic mass is 10.1. The van der Waals surface area contributed by atoms with E-state index in [1.54, 1.807) is 21.7 Å². The number of fused-ring (bicyclic) bond motifs is 1. The van der Waals surface area contributed by atoms with Gasteiger partial charge in [0, 0.05) is 42.9 Å².